The molecule has 1 atom stereocenters. The average molecular weight is 202 g/mol. The van der Waals surface area contributed by atoms with Crippen LogP contribution in [0.15, 0.2) is 12.7 Å². The number of hydrogen-bond acceptors (Lipinski definition) is 4. The average Bonchev–Trinajstić information content (AvgIpc) is 2.67. The quantitative estimate of drug-likeness (QED) is 0.207. The molecule has 4 nitrogen and oxygen atoms in total. The minimum absolute atomic E-state index is 0. The molecule has 66 valence electrons. The van der Waals surface area contributed by atoms with Gasteiger partial charge in [0.1, 0.15) is 5.75 Å². The first kappa shape index (κ1) is 12.6. The van der Waals surface area contributed by atoms with Gasteiger partial charge in [0.05, 0.1) is 19.3 Å². The van der Waals surface area contributed by atoms with Crippen molar-refractivity contribution in [2.45, 2.75) is 6.10 Å². The van der Waals surface area contributed by atoms with Crippen LogP contribution in [-0.2, 0) is 19.0 Å². The summed E-state index contributed by atoms with van der Waals surface area (Å²) in [5, 5.41) is 0. The van der Waals surface area contributed by atoms with Crippen LogP contribution in [0.1, 0.15) is 1.43 Å². The molecular weight excluding hydrogens is 191 g/mol. The molecule has 0 aliphatic carbocycles. The van der Waals surface area contributed by atoms with Gasteiger partial charge < -0.3 is 6.16 Å². The molecule has 0 bridgehead atoms. The molecule has 0 N–H and O–H groups in total. The predicted molar refractivity (Wildman–Crippen MR) is 40.8 cm³/mol. The first-order chi connectivity index (χ1) is 5.14. The molecule has 1 fully saturated rings. The Bertz CT molecular complexity index is 237. The van der Waals surface area contributed by atoms with Crippen molar-refractivity contribution in [1.82, 2.24) is 0 Å². The molecule has 0 spiro atoms. The summed E-state index contributed by atoms with van der Waals surface area (Å²) >= 11 is 0. The molecule has 1 saturated heterocycles. The summed E-state index contributed by atoms with van der Waals surface area (Å²) in [7, 11) is -3.38. The van der Waals surface area contributed by atoms with E-state index in [2.05, 4.69) is 10.8 Å². The minimum Gasteiger partial charge on any atom is -1.00 e. The summed E-state index contributed by atoms with van der Waals surface area (Å²) < 4.78 is 31.0. The fraction of sp³-hybridized carbons (Fsp3) is 0.667. The van der Waals surface area contributed by atoms with E-state index < -0.39 is 10.1 Å². The van der Waals surface area contributed by atoms with Gasteiger partial charge in [-0.15, -0.1) is 6.58 Å². The third kappa shape index (κ3) is 5.29. The summed E-state index contributed by atoms with van der Waals surface area (Å²) in [6, 6.07) is 0. The van der Waals surface area contributed by atoms with Crippen molar-refractivity contribution in [1.29, 1.82) is 0 Å². The van der Waals surface area contributed by atoms with E-state index in [9.17, 15) is 8.42 Å². The molecule has 1 aliphatic rings. The van der Waals surface area contributed by atoms with Crippen molar-refractivity contribution >= 4 is 10.1 Å². The zero-order valence-electron chi connectivity index (χ0n) is 8.02. The molecular formula is C6H11NaO4S. The zero-order valence-corrected chi connectivity index (χ0v) is 9.84. The van der Waals surface area contributed by atoms with Crippen LogP contribution in [0, 0.1) is 0 Å². The van der Waals surface area contributed by atoms with Gasteiger partial charge in [0.15, 0.2) is 0 Å². The fourth-order valence-electron chi connectivity index (χ4n) is 0.592. The third-order valence-corrected chi connectivity index (χ3v) is 2.43. The molecule has 0 saturated carbocycles. The Kier molecular flexibility index (Phi) is 5.64. The van der Waals surface area contributed by atoms with E-state index in [1.54, 1.807) is 0 Å². The second-order valence-electron chi connectivity index (χ2n) is 2.25. The number of epoxide rings is 1. The second kappa shape index (κ2) is 5.36. The Morgan fingerprint density at radius 2 is 2.33 bits per heavy atom. The van der Waals surface area contributed by atoms with Gasteiger partial charge in [-0.2, -0.15) is 8.42 Å². The monoisotopic (exact) mass is 202 g/mol. The molecule has 6 heteroatoms. The number of hydrogen-bond donors (Lipinski definition) is 0. The van der Waals surface area contributed by atoms with E-state index in [1.807, 2.05) is 0 Å². The molecule has 12 heavy (non-hydrogen) atoms. The minimum atomic E-state index is -3.38. The molecule has 0 amide bonds. The summed E-state index contributed by atoms with van der Waals surface area (Å²) in [5.41, 5.74) is 0. The summed E-state index contributed by atoms with van der Waals surface area (Å²) in [5.74, 6) is -0.0408. The second-order valence-corrected chi connectivity index (χ2v) is 3.94. The van der Waals surface area contributed by atoms with Gasteiger partial charge in [0, 0.05) is 0 Å². The van der Waals surface area contributed by atoms with Gasteiger partial charge in [0.2, 0.25) is 0 Å². The van der Waals surface area contributed by atoms with Gasteiger partial charge in [0.25, 0.3) is 10.1 Å². The third-order valence-electron chi connectivity index (χ3n) is 1.16. The van der Waals surface area contributed by atoms with Crippen LogP contribution < -0.4 is 29.6 Å². The molecule has 1 unspecified atom stereocenters. The van der Waals surface area contributed by atoms with Crippen molar-refractivity contribution < 1.29 is 48.3 Å². The maximum atomic E-state index is 10.9. The molecule has 0 aromatic heterocycles. The van der Waals surface area contributed by atoms with Crippen molar-refractivity contribution in [3.8, 4) is 0 Å². The predicted octanol–water partition coefficient (Wildman–Crippen LogP) is -2.97. The van der Waals surface area contributed by atoms with Crippen LogP contribution in [-0.4, -0.2) is 33.5 Å². The smallest absolute Gasteiger partial charge is 1.00 e. The molecule has 0 aromatic carbocycles. The summed E-state index contributed by atoms with van der Waals surface area (Å²) in [6.07, 6.45) is 1.25. The Labute approximate surface area is 95.8 Å². The molecule has 1 heterocycles. The first-order valence-corrected chi connectivity index (χ1v) is 4.81. The van der Waals surface area contributed by atoms with Gasteiger partial charge in [-0.05, 0) is 0 Å². The molecule has 0 radical (unpaired) electrons. The summed E-state index contributed by atoms with van der Waals surface area (Å²) in [6.45, 7) is 3.90. The standard InChI is InChI=1S/C6H10O4S.Na.H/c1-2-3-10-11(7,8)5-6-4-9-6;;/h2,6H,1,3-5H2;;/q;+1;-1. The molecule has 1 aliphatic heterocycles. The van der Waals surface area contributed by atoms with Crippen molar-refractivity contribution in [3.05, 3.63) is 12.7 Å². The molecule has 1 rings (SSSR count). The van der Waals surface area contributed by atoms with E-state index in [1.165, 1.54) is 6.08 Å². The Hall–Kier alpha value is 0.610. The Morgan fingerprint density at radius 1 is 1.75 bits per heavy atom. The number of ether oxygens (including phenoxy) is 1. The van der Waals surface area contributed by atoms with Crippen LogP contribution >= 0.6 is 0 Å². The largest absolute Gasteiger partial charge is 1.00 e. The van der Waals surface area contributed by atoms with E-state index >= 15 is 0 Å². The van der Waals surface area contributed by atoms with Crippen LogP contribution in [0.2, 0.25) is 0 Å². The summed E-state index contributed by atoms with van der Waals surface area (Å²) in [4.78, 5) is 0. The van der Waals surface area contributed by atoms with E-state index in [0.717, 1.165) is 0 Å². The van der Waals surface area contributed by atoms with E-state index in [4.69, 9.17) is 4.74 Å². The van der Waals surface area contributed by atoms with Crippen molar-refractivity contribution in [2.75, 3.05) is 19.0 Å². The molecule has 0 aromatic rings. The Balaban J connectivity index is 0. The van der Waals surface area contributed by atoms with Crippen LogP contribution in [0.4, 0.5) is 0 Å². The van der Waals surface area contributed by atoms with Crippen molar-refractivity contribution in [3.63, 3.8) is 0 Å². The Morgan fingerprint density at radius 3 is 2.75 bits per heavy atom. The number of rotatable bonds is 5. The van der Waals surface area contributed by atoms with E-state index in [0.29, 0.717) is 6.61 Å². The maximum Gasteiger partial charge on any atom is 1.00 e. The maximum absolute atomic E-state index is 10.9. The van der Waals surface area contributed by atoms with E-state index in [-0.39, 0.29) is 49.4 Å². The van der Waals surface area contributed by atoms with Gasteiger partial charge in [-0.3, -0.25) is 4.18 Å². The first-order valence-electron chi connectivity index (χ1n) is 3.23. The topological polar surface area (TPSA) is 55.9 Å². The van der Waals surface area contributed by atoms with Crippen LogP contribution in [0.5, 0.6) is 0 Å². The van der Waals surface area contributed by atoms with Crippen LogP contribution in [0.3, 0.4) is 0 Å². The van der Waals surface area contributed by atoms with Gasteiger partial charge in [-0.1, -0.05) is 6.08 Å². The van der Waals surface area contributed by atoms with Crippen LogP contribution in [0.25, 0.3) is 0 Å². The normalized spacial score (nSPS) is 21.2. The SMILES string of the molecule is C=CCOS(=O)(=O)CC1CO1.[H-].[Na+]. The zero-order chi connectivity index (χ0) is 8.32. The van der Waals surface area contributed by atoms with Gasteiger partial charge >= 0.3 is 29.6 Å². The fourth-order valence-corrected chi connectivity index (χ4v) is 1.64. The van der Waals surface area contributed by atoms with Gasteiger partial charge in [-0.25, -0.2) is 0 Å². The van der Waals surface area contributed by atoms with Crippen molar-refractivity contribution in [2.24, 2.45) is 0 Å².